The number of benzene rings is 2. The van der Waals surface area contributed by atoms with Crippen molar-refractivity contribution >= 4 is 5.78 Å². The monoisotopic (exact) mass is 416 g/mol. The van der Waals surface area contributed by atoms with Crippen molar-refractivity contribution in [1.82, 2.24) is 10.2 Å². The lowest BCUT2D eigenvalue weighted by Gasteiger charge is -2.13. The minimum atomic E-state index is -4.48. The number of aromatic nitrogens is 2. The summed E-state index contributed by atoms with van der Waals surface area (Å²) in [4.78, 5) is 12.6. The van der Waals surface area contributed by atoms with E-state index in [2.05, 4.69) is 10.2 Å². The van der Waals surface area contributed by atoms with Gasteiger partial charge >= 0.3 is 6.18 Å². The van der Waals surface area contributed by atoms with E-state index >= 15 is 0 Å². The first-order valence-corrected chi connectivity index (χ1v) is 8.99. The van der Waals surface area contributed by atoms with Gasteiger partial charge in [0.05, 0.1) is 25.5 Å². The van der Waals surface area contributed by atoms with Gasteiger partial charge in [-0.3, -0.25) is 4.79 Å². The van der Waals surface area contributed by atoms with E-state index in [-0.39, 0.29) is 23.6 Å². The highest BCUT2D eigenvalue weighted by Crippen LogP contribution is 2.37. The molecular weight excluding hydrogens is 397 g/mol. The molecule has 0 aliphatic rings. The van der Waals surface area contributed by atoms with E-state index in [9.17, 15) is 18.0 Å². The highest BCUT2D eigenvalue weighted by Gasteiger charge is 2.31. The molecule has 0 aliphatic carbocycles. The lowest BCUT2D eigenvalue weighted by Crippen LogP contribution is -2.09. The lowest BCUT2D eigenvalue weighted by atomic mass is 10.0. The summed E-state index contributed by atoms with van der Waals surface area (Å²) in [6.45, 7) is 1.71. The Morgan fingerprint density at radius 2 is 1.77 bits per heavy atom. The first-order valence-electron chi connectivity index (χ1n) is 8.99. The molecule has 3 rings (SSSR count). The fraction of sp³-hybridized carbons (Fsp3) is 0.227. The number of halogens is 3. The van der Waals surface area contributed by atoms with Crippen molar-refractivity contribution in [2.75, 3.05) is 14.2 Å². The number of alkyl halides is 3. The molecule has 30 heavy (non-hydrogen) atoms. The Morgan fingerprint density at radius 3 is 2.40 bits per heavy atom. The van der Waals surface area contributed by atoms with E-state index in [0.717, 1.165) is 17.7 Å². The lowest BCUT2D eigenvalue weighted by molar-refractivity contribution is -0.137. The Bertz CT molecular complexity index is 1080. The molecule has 156 valence electrons. The predicted molar refractivity (Wildman–Crippen MR) is 105 cm³/mol. The van der Waals surface area contributed by atoms with Crippen LogP contribution in [0.3, 0.4) is 0 Å². The molecular formula is C22H19F3N2O3. The molecule has 0 spiro atoms. The van der Waals surface area contributed by atoms with Crippen LogP contribution < -0.4 is 9.47 Å². The van der Waals surface area contributed by atoms with Gasteiger partial charge in [-0.15, -0.1) is 10.2 Å². The van der Waals surface area contributed by atoms with Crippen molar-refractivity contribution in [1.29, 1.82) is 0 Å². The number of ether oxygens (including phenoxy) is 2. The van der Waals surface area contributed by atoms with Crippen LogP contribution in [0.25, 0.3) is 11.3 Å². The molecule has 2 aromatic carbocycles. The molecule has 5 nitrogen and oxygen atoms in total. The highest BCUT2D eigenvalue weighted by atomic mass is 19.4. The van der Waals surface area contributed by atoms with E-state index in [1.807, 2.05) is 6.07 Å². The van der Waals surface area contributed by atoms with Crippen LogP contribution in [-0.2, 0) is 12.6 Å². The van der Waals surface area contributed by atoms with Crippen LogP contribution in [0.1, 0.15) is 27.2 Å². The minimum absolute atomic E-state index is 0.0256. The quantitative estimate of drug-likeness (QED) is 0.534. The number of Topliss-reactive ketones (excluding diaryl/α,β-unsaturated/α-hetero) is 1. The van der Waals surface area contributed by atoms with Gasteiger partial charge < -0.3 is 9.47 Å². The van der Waals surface area contributed by atoms with E-state index < -0.39 is 11.7 Å². The van der Waals surface area contributed by atoms with Crippen molar-refractivity contribution in [3.63, 3.8) is 0 Å². The first kappa shape index (κ1) is 21.3. The third-order valence-electron chi connectivity index (χ3n) is 4.55. The number of aryl methyl sites for hydroxylation is 1. The Hall–Kier alpha value is -3.42. The van der Waals surface area contributed by atoms with Crippen molar-refractivity contribution in [3.8, 4) is 22.8 Å². The van der Waals surface area contributed by atoms with Crippen molar-refractivity contribution in [2.24, 2.45) is 0 Å². The number of hydrogen-bond acceptors (Lipinski definition) is 5. The Morgan fingerprint density at radius 1 is 1.00 bits per heavy atom. The molecule has 0 saturated carbocycles. The summed E-state index contributed by atoms with van der Waals surface area (Å²) in [6.07, 6.45) is -4.36. The summed E-state index contributed by atoms with van der Waals surface area (Å²) in [5, 5.41) is 8.08. The largest absolute Gasteiger partial charge is 0.497 e. The van der Waals surface area contributed by atoms with Gasteiger partial charge in [-0.05, 0) is 54.4 Å². The third-order valence-corrected chi connectivity index (χ3v) is 4.55. The Balaban J connectivity index is 1.89. The smallest absolute Gasteiger partial charge is 0.416 e. The average molecular weight is 416 g/mol. The number of carbonyl (C=O) groups is 1. The van der Waals surface area contributed by atoms with Gasteiger partial charge in [-0.2, -0.15) is 13.2 Å². The van der Waals surface area contributed by atoms with Gasteiger partial charge in [0.25, 0.3) is 0 Å². The van der Waals surface area contributed by atoms with Gasteiger partial charge in [0.1, 0.15) is 17.2 Å². The number of ketones is 1. The molecule has 0 atom stereocenters. The van der Waals surface area contributed by atoms with Crippen LogP contribution in [0.4, 0.5) is 13.2 Å². The van der Waals surface area contributed by atoms with E-state index in [1.165, 1.54) is 13.2 Å². The molecule has 1 heterocycles. The molecule has 3 aromatic rings. The number of nitrogens with zero attached hydrogens (tertiary/aromatic N) is 2. The molecule has 0 fully saturated rings. The standard InChI is InChI=1S/C22H19F3N2O3/c1-13-9-18(19(28)11-14-5-4-6-16(10-14)29-2)26-27-21(13)17-8-7-15(22(23,24)25)12-20(17)30-3/h4-10,12H,11H2,1-3H3. The molecule has 1 aromatic heterocycles. The Kier molecular flexibility index (Phi) is 6.05. The number of rotatable bonds is 6. The molecule has 0 aliphatic heterocycles. The van der Waals surface area contributed by atoms with Gasteiger partial charge in [0, 0.05) is 12.0 Å². The zero-order valence-corrected chi connectivity index (χ0v) is 16.6. The molecule has 0 radical (unpaired) electrons. The van der Waals surface area contributed by atoms with Crippen LogP contribution in [0.15, 0.2) is 48.5 Å². The predicted octanol–water partition coefficient (Wildman–Crippen LogP) is 4.91. The maximum absolute atomic E-state index is 13.0. The van der Waals surface area contributed by atoms with Gasteiger partial charge in [0.15, 0.2) is 5.78 Å². The number of hydrogen-bond donors (Lipinski definition) is 0. The number of carbonyl (C=O) groups excluding carboxylic acids is 1. The molecule has 8 heteroatoms. The Labute approximate surface area is 171 Å². The van der Waals surface area contributed by atoms with Crippen molar-refractivity contribution < 1.29 is 27.4 Å². The van der Waals surface area contributed by atoms with Crippen molar-refractivity contribution in [2.45, 2.75) is 19.5 Å². The average Bonchev–Trinajstić information content (AvgIpc) is 2.72. The van der Waals surface area contributed by atoms with E-state index in [1.54, 1.807) is 38.3 Å². The summed E-state index contributed by atoms with van der Waals surface area (Å²) in [6, 6.07) is 11.9. The second-order valence-electron chi connectivity index (χ2n) is 6.63. The SMILES string of the molecule is COc1cccc(CC(=O)c2cc(C)c(-c3ccc(C(F)(F)F)cc3OC)nn2)c1. The molecule has 0 N–H and O–H groups in total. The summed E-state index contributed by atoms with van der Waals surface area (Å²) >= 11 is 0. The van der Waals surface area contributed by atoms with Crippen LogP contribution in [0.5, 0.6) is 11.5 Å². The summed E-state index contributed by atoms with van der Waals surface area (Å²) in [5.41, 5.74) is 1.42. The van der Waals surface area contributed by atoms with Crippen LogP contribution in [0, 0.1) is 6.92 Å². The topological polar surface area (TPSA) is 61.3 Å². The van der Waals surface area contributed by atoms with Crippen LogP contribution in [-0.4, -0.2) is 30.2 Å². The molecule has 0 unspecified atom stereocenters. The summed E-state index contributed by atoms with van der Waals surface area (Å²) < 4.78 is 49.1. The second-order valence-corrected chi connectivity index (χ2v) is 6.63. The maximum atomic E-state index is 13.0. The fourth-order valence-corrected chi connectivity index (χ4v) is 3.01. The third kappa shape index (κ3) is 4.59. The highest BCUT2D eigenvalue weighted by molar-refractivity contribution is 5.96. The molecule has 0 saturated heterocycles. The van der Waals surface area contributed by atoms with Gasteiger partial charge in [0.2, 0.25) is 0 Å². The van der Waals surface area contributed by atoms with Crippen molar-refractivity contribution in [3.05, 3.63) is 70.9 Å². The second kappa shape index (κ2) is 8.52. The normalized spacial score (nSPS) is 11.3. The maximum Gasteiger partial charge on any atom is 0.416 e. The minimum Gasteiger partial charge on any atom is -0.497 e. The van der Waals surface area contributed by atoms with Crippen LogP contribution >= 0.6 is 0 Å². The zero-order chi connectivity index (χ0) is 21.9. The summed E-state index contributed by atoms with van der Waals surface area (Å²) in [5.74, 6) is 0.440. The van der Waals surface area contributed by atoms with E-state index in [4.69, 9.17) is 9.47 Å². The zero-order valence-electron chi connectivity index (χ0n) is 16.6. The number of methoxy groups -OCH3 is 2. The molecule has 0 amide bonds. The first-order chi connectivity index (χ1) is 14.2. The van der Waals surface area contributed by atoms with Gasteiger partial charge in [-0.25, -0.2) is 0 Å². The fourth-order valence-electron chi connectivity index (χ4n) is 3.01. The molecule has 0 bridgehead atoms. The van der Waals surface area contributed by atoms with Gasteiger partial charge in [-0.1, -0.05) is 12.1 Å². The van der Waals surface area contributed by atoms with Crippen LogP contribution in [0.2, 0.25) is 0 Å². The summed E-state index contributed by atoms with van der Waals surface area (Å²) in [7, 11) is 2.83. The van der Waals surface area contributed by atoms with E-state index in [0.29, 0.717) is 22.6 Å².